The number of aliphatic hydroxyl groups is 1. The maximum atomic E-state index is 15.4. The van der Waals surface area contributed by atoms with Crippen molar-refractivity contribution in [1.29, 1.82) is 0 Å². The number of carbonyl (C=O) groups excluding carboxylic acids is 3. The molecule has 2 fully saturated rings. The molecule has 1 saturated heterocycles. The third-order valence-electron chi connectivity index (χ3n) is 10.7. The number of rotatable bonds is 10. The summed E-state index contributed by atoms with van der Waals surface area (Å²) in [7, 11) is 0. The minimum atomic E-state index is -1.53. The first kappa shape index (κ1) is 34.4. The maximum Gasteiger partial charge on any atom is 0.200 e. The van der Waals surface area contributed by atoms with Crippen LogP contribution in [0.2, 0.25) is 0 Å². The monoisotopic (exact) mass is 618 g/mol. The standard InChI is InChI=1S/C38H50O7/c1-21(2)11-13-25(23(5)6)18-37-19-26(15-12-22(3)4)35(7,8)38(34(37)43)20-29(36(9,10)44)45-33(38)30(32(37)42)31(41)24-14-16-27(39)28(40)17-24/h11-12,14,16-17,25-26,29,39-40,44H,5,13,15,18-20H2,1-4,6-10H3. The highest BCUT2D eigenvalue weighted by Crippen LogP contribution is 2.70. The zero-order chi connectivity index (χ0) is 33.9. The molecule has 4 rings (SSSR count). The molecular formula is C38H50O7. The quantitative estimate of drug-likeness (QED) is 0.0813. The minimum Gasteiger partial charge on any atom is -0.504 e. The smallest absolute Gasteiger partial charge is 0.200 e. The predicted molar refractivity (Wildman–Crippen MR) is 175 cm³/mol. The van der Waals surface area contributed by atoms with E-state index in [0.29, 0.717) is 12.8 Å². The lowest BCUT2D eigenvalue weighted by Gasteiger charge is -2.59. The molecule has 1 aliphatic heterocycles. The van der Waals surface area contributed by atoms with Gasteiger partial charge in [-0.25, -0.2) is 0 Å². The third-order valence-corrected chi connectivity index (χ3v) is 10.7. The van der Waals surface area contributed by atoms with Gasteiger partial charge in [0, 0.05) is 12.0 Å². The van der Waals surface area contributed by atoms with E-state index in [1.165, 1.54) is 12.1 Å². The van der Waals surface area contributed by atoms with Crippen LogP contribution in [0, 0.1) is 28.1 Å². The zero-order valence-electron chi connectivity index (χ0n) is 28.3. The van der Waals surface area contributed by atoms with Crippen LogP contribution in [0.1, 0.15) is 105 Å². The number of hydrogen-bond donors (Lipinski definition) is 3. The van der Waals surface area contributed by atoms with Gasteiger partial charge in [-0.05, 0) is 110 Å². The average molecular weight is 619 g/mol. The van der Waals surface area contributed by atoms with Gasteiger partial charge in [-0.1, -0.05) is 49.3 Å². The molecule has 2 aliphatic carbocycles. The van der Waals surface area contributed by atoms with Crippen molar-refractivity contribution in [2.24, 2.45) is 28.1 Å². The molecule has 0 aromatic heterocycles. The van der Waals surface area contributed by atoms with Crippen LogP contribution in [0.15, 0.2) is 65.0 Å². The SMILES string of the molecule is C=C(C)C(CC=C(C)C)CC12CC(CC=C(C)C)C(C)(C)C3(CC(C(C)(C)O)OC3=C(C(=O)c3ccc(O)c(O)c3)C1=O)C2=O. The molecule has 7 heteroatoms. The van der Waals surface area contributed by atoms with Crippen LogP contribution in [0.25, 0.3) is 0 Å². The van der Waals surface area contributed by atoms with Crippen molar-refractivity contribution in [3.63, 3.8) is 0 Å². The Hall–Kier alpha value is -3.45. The number of Topliss-reactive ketones (excluding diaryl/α,β-unsaturated/α-hetero) is 3. The first-order valence-corrected chi connectivity index (χ1v) is 15.9. The fourth-order valence-electron chi connectivity index (χ4n) is 7.73. The van der Waals surface area contributed by atoms with Crippen molar-refractivity contribution in [1.82, 2.24) is 0 Å². The van der Waals surface area contributed by atoms with Crippen molar-refractivity contribution in [2.45, 2.75) is 106 Å². The van der Waals surface area contributed by atoms with Crippen LogP contribution in [0.3, 0.4) is 0 Å². The van der Waals surface area contributed by atoms with Gasteiger partial charge in [0.15, 0.2) is 28.8 Å². The lowest BCUT2D eigenvalue weighted by atomic mass is 9.40. The predicted octanol–water partition coefficient (Wildman–Crippen LogP) is 7.56. The normalized spacial score (nSPS) is 27.8. The van der Waals surface area contributed by atoms with E-state index in [1.54, 1.807) is 13.8 Å². The van der Waals surface area contributed by atoms with E-state index in [2.05, 4.69) is 18.7 Å². The van der Waals surface area contributed by atoms with Gasteiger partial charge < -0.3 is 20.1 Å². The van der Waals surface area contributed by atoms with Crippen molar-refractivity contribution in [3.8, 4) is 11.5 Å². The minimum absolute atomic E-state index is 0.00549. The summed E-state index contributed by atoms with van der Waals surface area (Å²) in [6, 6.07) is 3.67. The molecule has 1 saturated carbocycles. The Kier molecular flexibility index (Phi) is 8.97. The van der Waals surface area contributed by atoms with Gasteiger partial charge in [-0.15, -0.1) is 0 Å². The summed E-state index contributed by atoms with van der Waals surface area (Å²) >= 11 is 0. The number of aromatic hydroxyl groups is 2. The van der Waals surface area contributed by atoms with Crippen LogP contribution in [0.5, 0.6) is 11.5 Å². The molecule has 244 valence electrons. The van der Waals surface area contributed by atoms with E-state index in [9.17, 15) is 20.1 Å². The molecular weight excluding hydrogens is 568 g/mol. The average Bonchev–Trinajstić information content (AvgIpc) is 3.34. The summed E-state index contributed by atoms with van der Waals surface area (Å²) in [5, 5.41) is 31.4. The number of phenols is 2. The summed E-state index contributed by atoms with van der Waals surface area (Å²) in [5.41, 5.74) is -2.12. The highest BCUT2D eigenvalue weighted by molar-refractivity contribution is 6.35. The number of phenolic OH excluding ortho intramolecular Hbond substituents is 2. The Morgan fingerprint density at radius 3 is 2.20 bits per heavy atom. The molecule has 1 spiro atoms. The van der Waals surface area contributed by atoms with Crippen molar-refractivity contribution >= 4 is 17.3 Å². The van der Waals surface area contributed by atoms with Crippen LogP contribution in [-0.4, -0.2) is 44.4 Å². The number of benzene rings is 1. The second kappa shape index (κ2) is 11.7. The summed E-state index contributed by atoms with van der Waals surface area (Å²) < 4.78 is 6.46. The van der Waals surface area contributed by atoms with E-state index in [0.717, 1.165) is 22.8 Å². The van der Waals surface area contributed by atoms with E-state index < -0.39 is 51.0 Å². The number of hydrogen-bond acceptors (Lipinski definition) is 7. The molecule has 1 aromatic rings. The number of allylic oxidation sites excluding steroid dienone is 7. The Morgan fingerprint density at radius 2 is 1.67 bits per heavy atom. The Bertz CT molecular complexity index is 1520. The molecule has 3 N–H and O–H groups in total. The highest BCUT2D eigenvalue weighted by atomic mass is 16.5. The van der Waals surface area contributed by atoms with Crippen LogP contribution >= 0.6 is 0 Å². The topological polar surface area (TPSA) is 121 Å². The van der Waals surface area contributed by atoms with Crippen molar-refractivity contribution in [2.75, 3.05) is 0 Å². The first-order valence-electron chi connectivity index (χ1n) is 15.9. The second-order valence-electron chi connectivity index (χ2n) is 15.3. The molecule has 5 atom stereocenters. The summed E-state index contributed by atoms with van der Waals surface area (Å²) in [4.78, 5) is 44.9. The lowest BCUT2D eigenvalue weighted by Crippen LogP contribution is -2.66. The Morgan fingerprint density at radius 1 is 1.04 bits per heavy atom. The van der Waals surface area contributed by atoms with Gasteiger partial charge in [-0.2, -0.15) is 0 Å². The molecule has 3 aliphatic rings. The third kappa shape index (κ3) is 5.62. The summed E-state index contributed by atoms with van der Waals surface area (Å²) in [6.45, 7) is 21.5. The number of carbonyl (C=O) groups is 3. The van der Waals surface area contributed by atoms with Crippen LogP contribution in [0.4, 0.5) is 0 Å². The van der Waals surface area contributed by atoms with Gasteiger partial charge in [0.25, 0.3) is 0 Å². The second-order valence-corrected chi connectivity index (χ2v) is 15.3. The maximum absolute atomic E-state index is 15.4. The zero-order valence-corrected chi connectivity index (χ0v) is 28.3. The van der Waals surface area contributed by atoms with E-state index in [4.69, 9.17) is 4.74 Å². The van der Waals surface area contributed by atoms with Gasteiger partial charge in [0.1, 0.15) is 17.4 Å². The number of ether oxygens (including phenoxy) is 1. The summed E-state index contributed by atoms with van der Waals surface area (Å²) in [5.74, 6) is -2.68. The molecule has 7 nitrogen and oxygen atoms in total. The fraction of sp³-hybridized carbons (Fsp3) is 0.553. The Balaban J connectivity index is 2.07. The largest absolute Gasteiger partial charge is 0.504 e. The molecule has 2 bridgehead atoms. The lowest BCUT2D eigenvalue weighted by molar-refractivity contribution is -0.167. The number of fused-ring (bicyclic) bond motifs is 1. The molecule has 0 radical (unpaired) electrons. The first-order chi connectivity index (χ1) is 20.7. The highest BCUT2D eigenvalue weighted by Gasteiger charge is 2.76. The summed E-state index contributed by atoms with van der Waals surface area (Å²) in [6.07, 6.45) is 5.22. The molecule has 1 aromatic carbocycles. The molecule has 0 amide bonds. The molecule has 1 heterocycles. The van der Waals surface area contributed by atoms with Gasteiger partial charge in [0.05, 0.1) is 16.4 Å². The van der Waals surface area contributed by atoms with Crippen LogP contribution in [-0.2, 0) is 14.3 Å². The Labute approximate surface area is 267 Å². The molecule has 45 heavy (non-hydrogen) atoms. The van der Waals surface area contributed by atoms with Gasteiger partial charge >= 0.3 is 0 Å². The van der Waals surface area contributed by atoms with E-state index in [1.807, 2.05) is 48.5 Å². The van der Waals surface area contributed by atoms with E-state index in [-0.39, 0.29) is 53.8 Å². The van der Waals surface area contributed by atoms with Crippen molar-refractivity contribution < 1.29 is 34.4 Å². The number of ketones is 3. The molecule has 5 unspecified atom stereocenters. The van der Waals surface area contributed by atoms with Gasteiger partial charge in [0.2, 0.25) is 0 Å². The van der Waals surface area contributed by atoms with Crippen LogP contribution < -0.4 is 0 Å². The fourth-order valence-corrected chi connectivity index (χ4v) is 7.73. The van der Waals surface area contributed by atoms with Crippen molar-refractivity contribution in [3.05, 3.63) is 70.5 Å². The van der Waals surface area contributed by atoms with Gasteiger partial charge in [-0.3, -0.25) is 14.4 Å². The van der Waals surface area contributed by atoms with E-state index >= 15 is 9.59 Å².